The minimum Gasteiger partial charge on any atom is -0.496 e. The molecule has 1 aromatic carbocycles. The zero-order valence-corrected chi connectivity index (χ0v) is 17.0. The van der Waals surface area contributed by atoms with E-state index in [2.05, 4.69) is 20.3 Å². The molecule has 1 aliphatic rings. The number of nitrogens with one attached hydrogen (secondary N) is 1. The first-order valence-corrected chi connectivity index (χ1v) is 9.82. The van der Waals surface area contributed by atoms with E-state index in [0.29, 0.717) is 24.7 Å². The molecule has 0 atom stereocenters. The van der Waals surface area contributed by atoms with Gasteiger partial charge in [-0.25, -0.2) is 4.98 Å². The molecule has 2 aromatic heterocycles. The Morgan fingerprint density at radius 1 is 1.20 bits per heavy atom. The monoisotopic (exact) mass is 405 g/mol. The lowest BCUT2D eigenvalue weighted by Gasteiger charge is -2.19. The number of hydrogen-bond acceptors (Lipinski definition) is 7. The summed E-state index contributed by atoms with van der Waals surface area (Å²) in [6, 6.07) is 11.5. The Bertz CT molecular complexity index is 1040. The molecule has 3 heterocycles. The zero-order valence-electron chi connectivity index (χ0n) is 17.0. The van der Waals surface area contributed by atoms with Crippen molar-refractivity contribution in [1.82, 2.24) is 20.3 Å². The van der Waals surface area contributed by atoms with Crippen LogP contribution in [0.2, 0.25) is 0 Å². The van der Waals surface area contributed by atoms with Gasteiger partial charge in [-0.15, -0.1) is 0 Å². The van der Waals surface area contributed by atoms with Gasteiger partial charge in [0, 0.05) is 24.5 Å². The zero-order chi connectivity index (χ0) is 20.9. The lowest BCUT2D eigenvalue weighted by Crippen LogP contribution is -2.25. The Labute approximate surface area is 174 Å². The fourth-order valence-electron chi connectivity index (χ4n) is 3.46. The second-order valence-corrected chi connectivity index (χ2v) is 6.69. The SMILES string of the molecule is CCOc1nc(N2CCc3c(OC)cccc32)ncc1C(=O)NCc1ccccn1. The van der Waals surface area contributed by atoms with Gasteiger partial charge in [0.2, 0.25) is 11.8 Å². The third-order valence-corrected chi connectivity index (χ3v) is 4.87. The molecule has 154 valence electrons. The quantitative estimate of drug-likeness (QED) is 0.646. The summed E-state index contributed by atoms with van der Waals surface area (Å²) in [4.78, 5) is 27.9. The van der Waals surface area contributed by atoms with Gasteiger partial charge in [0.05, 0.1) is 31.6 Å². The van der Waals surface area contributed by atoms with E-state index >= 15 is 0 Å². The van der Waals surface area contributed by atoms with Crippen LogP contribution in [-0.4, -0.2) is 41.1 Å². The second kappa shape index (κ2) is 8.77. The molecule has 4 rings (SSSR count). The number of carbonyl (C=O) groups is 1. The van der Waals surface area contributed by atoms with Gasteiger partial charge in [-0.05, 0) is 37.6 Å². The molecule has 0 unspecified atom stereocenters. The molecule has 0 saturated carbocycles. The summed E-state index contributed by atoms with van der Waals surface area (Å²) >= 11 is 0. The van der Waals surface area contributed by atoms with E-state index in [4.69, 9.17) is 9.47 Å². The number of methoxy groups -OCH3 is 1. The average Bonchev–Trinajstić information content (AvgIpc) is 3.23. The summed E-state index contributed by atoms with van der Waals surface area (Å²) in [6.45, 7) is 3.29. The van der Waals surface area contributed by atoms with E-state index in [1.54, 1.807) is 13.3 Å². The normalized spacial score (nSPS) is 12.4. The van der Waals surface area contributed by atoms with Crippen molar-refractivity contribution in [2.45, 2.75) is 19.9 Å². The van der Waals surface area contributed by atoms with Crippen LogP contribution >= 0.6 is 0 Å². The lowest BCUT2D eigenvalue weighted by molar-refractivity contribution is 0.0945. The number of fused-ring (bicyclic) bond motifs is 1. The maximum Gasteiger partial charge on any atom is 0.258 e. The topological polar surface area (TPSA) is 89.5 Å². The molecule has 8 nitrogen and oxygen atoms in total. The van der Waals surface area contributed by atoms with E-state index in [9.17, 15) is 4.79 Å². The van der Waals surface area contributed by atoms with E-state index in [-0.39, 0.29) is 11.8 Å². The summed E-state index contributed by atoms with van der Waals surface area (Å²) in [6.07, 6.45) is 4.03. The van der Waals surface area contributed by atoms with Crippen LogP contribution in [0.5, 0.6) is 11.6 Å². The highest BCUT2D eigenvalue weighted by Gasteiger charge is 2.26. The van der Waals surface area contributed by atoms with Crippen molar-refractivity contribution >= 4 is 17.5 Å². The predicted molar refractivity (Wildman–Crippen MR) is 112 cm³/mol. The summed E-state index contributed by atoms with van der Waals surface area (Å²) in [5.41, 5.74) is 3.19. The molecule has 1 amide bonds. The molecular weight excluding hydrogens is 382 g/mol. The van der Waals surface area contributed by atoms with Crippen LogP contribution in [0.4, 0.5) is 11.6 Å². The summed E-state index contributed by atoms with van der Waals surface area (Å²) in [7, 11) is 1.67. The summed E-state index contributed by atoms with van der Waals surface area (Å²) in [5, 5.41) is 2.84. The van der Waals surface area contributed by atoms with Gasteiger partial charge in [-0.3, -0.25) is 9.78 Å². The van der Waals surface area contributed by atoms with Gasteiger partial charge < -0.3 is 19.7 Å². The fraction of sp³-hybridized carbons (Fsp3) is 0.273. The molecule has 0 spiro atoms. The largest absolute Gasteiger partial charge is 0.496 e. The van der Waals surface area contributed by atoms with Crippen LogP contribution in [0.15, 0.2) is 48.8 Å². The minimum absolute atomic E-state index is 0.261. The van der Waals surface area contributed by atoms with E-state index in [0.717, 1.165) is 35.7 Å². The van der Waals surface area contributed by atoms with Crippen molar-refractivity contribution in [3.8, 4) is 11.6 Å². The third kappa shape index (κ3) is 3.89. The number of anilines is 2. The number of hydrogen-bond donors (Lipinski definition) is 1. The highest BCUT2D eigenvalue weighted by molar-refractivity contribution is 5.96. The predicted octanol–water partition coefficient (Wildman–Crippen LogP) is 2.90. The van der Waals surface area contributed by atoms with Gasteiger partial charge in [-0.1, -0.05) is 12.1 Å². The average molecular weight is 405 g/mol. The highest BCUT2D eigenvalue weighted by Crippen LogP contribution is 2.38. The first-order valence-electron chi connectivity index (χ1n) is 9.82. The number of amides is 1. The van der Waals surface area contributed by atoms with Crippen LogP contribution in [-0.2, 0) is 13.0 Å². The highest BCUT2D eigenvalue weighted by atomic mass is 16.5. The fourth-order valence-corrected chi connectivity index (χ4v) is 3.46. The van der Waals surface area contributed by atoms with E-state index in [1.807, 2.05) is 48.2 Å². The van der Waals surface area contributed by atoms with Gasteiger partial charge >= 0.3 is 0 Å². The van der Waals surface area contributed by atoms with Gasteiger partial charge in [0.1, 0.15) is 11.3 Å². The Hall–Kier alpha value is -3.68. The van der Waals surface area contributed by atoms with Crippen molar-refractivity contribution in [1.29, 1.82) is 0 Å². The minimum atomic E-state index is -0.306. The number of benzene rings is 1. The van der Waals surface area contributed by atoms with E-state index in [1.165, 1.54) is 6.20 Å². The second-order valence-electron chi connectivity index (χ2n) is 6.69. The van der Waals surface area contributed by atoms with Crippen LogP contribution in [0.1, 0.15) is 28.5 Å². The van der Waals surface area contributed by atoms with Crippen molar-refractivity contribution in [2.75, 3.05) is 25.2 Å². The molecular formula is C22H23N5O3. The Morgan fingerprint density at radius 3 is 2.87 bits per heavy atom. The van der Waals surface area contributed by atoms with Crippen molar-refractivity contribution in [2.24, 2.45) is 0 Å². The van der Waals surface area contributed by atoms with Gasteiger partial charge in [0.15, 0.2) is 0 Å². The van der Waals surface area contributed by atoms with Crippen LogP contribution < -0.4 is 19.7 Å². The number of pyridine rings is 1. The van der Waals surface area contributed by atoms with Gasteiger partial charge in [0.25, 0.3) is 5.91 Å². The van der Waals surface area contributed by atoms with Crippen LogP contribution in [0, 0.1) is 0 Å². The third-order valence-electron chi connectivity index (χ3n) is 4.87. The number of ether oxygens (including phenoxy) is 2. The van der Waals surface area contributed by atoms with Crippen LogP contribution in [0.3, 0.4) is 0 Å². The standard InChI is InChI=1S/C22H23N5O3/c1-3-30-21-17(20(28)24-13-15-7-4-5-11-23-15)14-25-22(26-21)27-12-10-16-18(27)8-6-9-19(16)29-2/h4-9,11,14H,3,10,12-13H2,1-2H3,(H,24,28). The van der Waals surface area contributed by atoms with Crippen molar-refractivity contribution < 1.29 is 14.3 Å². The first-order chi connectivity index (χ1) is 14.7. The Kier molecular flexibility index (Phi) is 5.74. The van der Waals surface area contributed by atoms with Crippen molar-refractivity contribution in [3.05, 3.63) is 65.6 Å². The maximum atomic E-state index is 12.7. The molecule has 1 N–H and O–H groups in total. The number of carbonyl (C=O) groups excluding carboxylic acids is 1. The van der Waals surface area contributed by atoms with Crippen LogP contribution in [0.25, 0.3) is 0 Å². The molecule has 0 fully saturated rings. The molecule has 30 heavy (non-hydrogen) atoms. The lowest BCUT2D eigenvalue weighted by atomic mass is 10.1. The Morgan fingerprint density at radius 2 is 2.10 bits per heavy atom. The van der Waals surface area contributed by atoms with Gasteiger partial charge in [-0.2, -0.15) is 4.98 Å². The molecule has 0 saturated heterocycles. The molecule has 0 radical (unpaired) electrons. The molecule has 0 aliphatic carbocycles. The van der Waals surface area contributed by atoms with Crippen molar-refractivity contribution in [3.63, 3.8) is 0 Å². The smallest absolute Gasteiger partial charge is 0.258 e. The number of nitrogens with zero attached hydrogens (tertiary/aromatic N) is 4. The molecule has 3 aromatic rings. The van der Waals surface area contributed by atoms with E-state index < -0.39 is 0 Å². The summed E-state index contributed by atoms with van der Waals surface area (Å²) < 4.78 is 11.1. The number of aromatic nitrogens is 3. The summed E-state index contributed by atoms with van der Waals surface area (Å²) in [5.74, 6) is 1.30. The first kappa shape index (κ1) is 19.6. The molecule has 1 aliphatic heterocycles. The number of rotatable bonds is 7. The molecule has 8 heteroatoms. The maximum absolute atomic E-state index is 12.7. The molecule has 0 bridgehead atoms. The Balaban J connectivity index is 1.58.